The van der Waals surface area contributed by atoms with Gasteiger partial charge in [-0.2, -0.15) is 0 Å². The van der Waals surface area contributed by atoms with Gasteiger partial charge in [0.2, 0.25) is 0 Å². The third-order valence-corrected chi connectivity index (χ3v) is 10.2. The zero-order valence-electron chi connectivity index (χ0n) is 26.4. The first-order valence-electron chi connectivity index (χ1n) is 14.2. The fraction of sp³-hybridized carbons (Fsp3) is 0.647. The average molecular weight is 527 g/mol. The average Bonchev–Trinajstić information content (AvgIpc) is 2.70. The maximum absolute atomic E-state index is 6.18. The van der Waals surface area contributed by atoms with Crippen LogP contribution < -0.4 is 14.8 Å². The Morgan fingerprint density at radius 2 is 1.03 bits per heavy atom. The minimum atomic E-state index is -0.623. The predicted octanol–water partition coefficient (Wildman–Crippen LogP) is 9.67. The Hall–Kier alpha value is -1.53. The summed E-state index contributed by atoms with van der Waals surface area (Å²) in [5.74, 6) is 3.70. The molecule has 2 rings (SSSR count). The van der Waals surface area contributed by atoms with E-state index in [9.17, 15) is 0 Å². The molecule has 208 valence electrons. The molecule has 0 spiro atoms. The molecule has 0 unspecified atom stereocenters. The molecule has 0 amide bonds. The largest absolute Gasteiger partial charge is 0.496 e. The van der Waals surface area contributed by atoms with E-state index in [2.05, 4.69) is 107 Å². The number of rotatable bonds is 10. The van der Waals surface area contributed by atoms with Gasteiger partial charge in [0.1, 0.15) is 11.5 Å². The van der Waals surface area contributed by atoms with Gasteiger partial charge in [-0.3, -0.25) is 0 Å². The molecule has 3 heteroatoms. The van der Waals surface area contributed by atoms with Crippen LogP contribution in [0.2, 0.25) is 0 Å². The highest BCUT2D eigenvalue weighted by Crippen LogP contribution is 2.62. The van der Waals surface area contributed by atoms with Crippen molar-refractivity contribution in [2.75, 3.05) is 14.2 Å². The molecule has 0 aliphatic heterocycles. The van der Waals surface area contributed by atoms with Gasteiger partial charge >= 0.3 is 0 Å². The molecule has 0 heterocycles. The molecule has 2 aromatic carbocycles. The van der Waals surface area contributed by atoms with Crippen LogP contribution in [0.25, 0.3) is 11.1 Å². The van der Waals surface area contributed by atoms with E-state index < -0.39 is 7.92 Å². The summed E-state index contributed by atoms with van der Waals surface area (Å²) >= 11 is 0. The number of methoxy groups -OCH3 is 2. The normalized spacial score (nSPS) is 12.8. The van der Waals surface area contributed by atoms with Crippen LogP contribution in [0.5, 0.6) is 11.5 Å². The van der Waals surface area contributed by atoms with Gasteiger partial charge in [-0.05, 0) is 81.7 Å². The zero-order valence-corrected chi connectivity index (χ0v) is 27.3. The minimum absolute atomic E-state index is 0.0932. The van der Waals surface area contributed by atoms with Crippen molar-refractivity contribution in [1.82, 2.24) is 0 Å². The maximum Gasteiger partial charge on any atom is 0.127 e. The Kier molecular flexibility index (Phi) is 10.7. The molecule has 0 saturated carbocycles. The SMILES string of the molecule is COc1ccc(OC)c(P(C(C)(C)C)C(C)(C)C)c1-c1c(CC(C)C)cc(CC(C)C)cc1CC(C)C. The van der Waals surface area contributed by atoms with Crippen LogP contribution >= 0.6 is 7.92 Å². The summed E-state index contributed by atoms with van der Waals surface area (Å²) in [5, 5.41) is 1.54. The van der Waals surface area contributed by atoms with E-state index in [0.29, 0.717) is 17.8 Å². The quantitative estimate of drug-likeness (QED) is 0.287. The molecule has 0 aliphatic rings. The Bertz CT molecular complexity index is 990. The molecule has 0 radical (unpaired) electrons. The van der Waals surface area contributed by atoms with Crippen LogP contribution in [0.1, 0.15) is 99.8 Å². The highest BCUT2D eigenvalue weighted by molar-refractivity contribution is 7.69. The fourth-order valence-corrected chi connectivity index (χ4v) is 10.2. The second-order valence-electron chi connectivity index (χ2n) is 14.0. The summed E-state index contributed by atoms with van der Waals surface area (Å²) in [7, 11) is 3.02. The molecule has 0 atom stereocenters. The Labute approximate surface area is 230 Å². The Morgan fingerprint density at radius 3 is 1.38 bits per heavy atom. The van der Waals surface area contributed by atoms with Crippen LogP contribution in [0, 0.1) is 17.8 Å². The van der Waals surface area contributed by atoms with Gasteiger partial charge in [0, 0.05) is 10.9 Å². The van der Waals surface area contributed by atoms with E-state index in [1.54, 1.807) is 0 Å². The van der Waals surface area contributed by atoms with Crippen molar-refractivity contribution >= 4 is 13.2 Å². The Morgan fingerprint density at radius 1 is 0.622 bits per heavy atom. The predicted molar refractivity (Wildman–Crippen MR) is 167 cm³/mol. The highest BCUT2D eigenvalue weighted by Gasteiger charge is 2.40. The molecular weight excluding hydrogens is 471 g/mol. The summed E-state index contributed by atoms with van der Waals surface area (Å²) in [4.78, 5) is 0. The molecule has 0 bridgehead atoms. The minimum Gasteiger partial charge on any atom is -0.496 e. The first-order chi connectivity index (χ1) is 17.0. The van der Waals surface area contributed by atoms with E-state index in [1.807, 2.05) is 14.2 Å². The zero-order chi connectivity index (χ0) is 28.3. The van der Waals surface area contributed by atoms with Crippen LogP contribution in [0.3, 0.4) is 0 Å². The van der Waals surface area contributed by atoms with Gasteiger partial charge in [0.15, 0.2) is 0 Å². The monoisotopic (exact) mass is 526 g/mol. The van der Waals surface area contributed by atoms with Crippen molar-refractivity contribution in [3.05, 3.63) is 41.0 Å². The maximum atomic E-state index is 6.18. The molecule has 0 N–H and O–H groups in total. The van der Waals surface area contributed by atoms with Crippen LogP contribution in [0.4, 0.5) is 0 Å². The lowest BCUT2D eigenvalue weighted by molar-refractivity contribution is 0.407. The van der Waals surface area contributed by atoms with E-state index in [4.69, 9.17) is 9.47 Å². The van der Waals surface area contributed by atoms with Gasteiger partial charge in [-0.1, -0.05) is 103 Å². The highest BCUT2D eigenvalue weighted by atomic mass is 31.1. The number of ether oxygens (including phenoxy) is 2. The third-order valence-electron chi connectivity index (χ3n) is 6.62. The van der Waals surface area contributed by atoms with Gasteiger partial charge in [-0.25, -0.2) is 0 Å². The van der Waals surface area contributed by atoms with Crippen molar-refractivity contribution in [2.45, 2.75) is 113 Å². The third kappa shape index (κ3) is 7.98. The first kappa shape index (κ1) is 31.7. The summed E-state index contributed by atoms with van der Waals surface area (Å²) in [5.41, 5.74) is 7.02. The van der Waals surface area contributed by atoms with Crippen LogP contribution in [-0.4, -0.2) is 24.5 Å². The molecule has 0 aromatic heterocycles. The van der Waals surface area contributed by atoms with E-state index in [-0.39, 0.29) is 10.3 Å². The van der Waals surface area contributed by atoms with Gasteiger partial charge in [-0.15, -0.1) is 0 Å². The molecular formula is C34H55O2P. The summed E-state index contributed by atoms with van der Waals surface area (Å²) in [6.07, 6.45) is 3.21. The topological polar surface area (TPSA) is 18.5 Å². The van der Waals surface area contributed by atoms with E-state index in [0.717, 1.165) is 30.8 Å². The molecule has 2 nitrogen and oxygen atoms in total. The van der Waals surface area contributed by atoms with Crippen molar-refractivity contribution in [1.29, 1.82) is 0 Å². The second kappa shape index (κ2) is 12.5. The Balaban J connectivity index is 3.17. The van der Waals surface area contributed by atoms with Crippen LogP contribution in [0.15, 0.2) is 24.3 Å². The van der Waals surface area contributed by atoms with Crippen molar-refractivity contribution in [3.63, 3.8) is 0 Å². The first-order valence-corrected chi connectivity index (χ1v) is 15.6. The summed E-state index contributed by atoms with van der Waals surface area (Å²) < 4.78 is 12.3. The lowest BCUT2D eigenvalue weighted by Gasteiger charge is -2.43. The van der Waals surface area contributed by atoms with Crippen LogP contribution in [-0.2, 0) is 19.3 Å². The standard InChI is InChI=1S/C34H55O2P/c1-22(2)17-25-20-26(18-23(3)4)30(27(21-25)19-24(5)6)31-28(35-13)15-16-29(36-14)32(31)37(33(7,8)9)34(10,11)12/h15-16,20-24H,17-19H2,1-14H3. The fourth-order valence-electron chi connectivity index (χ4n) is 5.98. The molecule has 0 fully saturated rings. The van der Waals surface area contributed by atoms with Crippen molar-refractivity contribution in [3.8, 4) is 22.6 Å². The van der Waals surface area contributed by atoms with Crippen molar-refractivity contribution in [2.24, 2.45) is 17.8 Å². The molecule has 0 saturated heterocycles. The molecule has 37 heavy (non-hydrogen) atoms. The lowest BCUT2D eigenvalue weighted by Crippen LogP contribution is -2.33. The molecule has 0 aliphatic carbocycles. The lowest BCUT2D eigenvalue weighted by atomic mass is 9.83. The van der Waals surface area contributed by atoms with Gasteiger partial charge in [0.25, 0.3) is 0 Å². The number of hydrogen-bond donors (Lipinski definition) is 0. The van der Waals surface area contributed by atoms with Gasteiger partial charge < -0.3 is 9.47 Å². The second-order valence-corrected chi connectivity index (χ2v) is 17.8. The van der Waals surface area contributed by atoms with E-state index >= 15 is 0 Å². The summed E-state index contributed by atoms with van der Waals surface area (Å²) in [6.45, 7) is 28.3. The van der Waals surface area contributed by atoms with Gasteiger partial charge in [0.05, 0.1) is 14.2 Å². The number of hydrogen-bond acceptors (Lipinski definition) is 2. The van der Waals surface area contributed by atoms with E-state index in [1.165, 1.54) is 33.1 Å². The summed E-state index contributed by atoms with van der Waals surface area (Å²) in [6, 6.07) is 9.25. The smallest absolute Gasteiger partial charge is 0.127 e. The van der Waals surface area contributed by atoms with Crippen molar-refractivity contribution < 1.29 is 9.47 Å². The number of benzene rings is 2. The molecule has 2 aromatic rings.